The fourth-order valence-corrected chi connectivity index (χ4v) is 1.69. The lowest BCUT2D eigenvalue weighted by Gasteiger charge is -2.05. The minimum Gasteiger partial charge on any atom is -0.465 e. The van der Waals surface area contributed by atoms with E-state index in [-0.39, 0.29) is 5.97 Å². The molecule has 0 unspecified atom stereocenters. The highest BCUT2D eigenvalue weighted by Crippen LogP contribution is 2.08. The van der Waals surface area contributed by atoms with Crippen LogP contribution in [0, 0.1) is 0 Å². The van der Waals surface area contributed by atoms with Crippen LogP contribution in [0.5, 0.6) is 0 Å². The number of nitrogens with one attached hydrogen (secondary N) is 1. The molecule has 0 aromatic carbocycles. The van der Waals surface area contributed by atoms with Crippen LogP contribution in [0.1, 0.15) is 16.1 Å². The van der Waals surface area contributed by atoms with Gasteiger partial charge in [-0.2, -0.15) is 5.10 Å². The molecule has 2 heterocycles. The molecule has 2 aromatic rings. The van der Waals surface area contributed by atoms with Crippen molar-refractivity contribution in [1.29, 1.82) is 0 Å². The molecule has 2 rings (SSSR count). The minimum atomic E-state index is -0.366. The summed E-state index contributed by atoms with van der Waals surface area (Å²) in [6, 6.07) is 5.26. The maximum absolute atomic E-state index is 11.4. The van der Waals surface area contributed by atoms with E-state index in [2.05, 4.69) is 20.1 Å². The van der Waals surface area contributed by atoms with Crippen molar-refractivity contribution in [3.05, 3.63) is 41.9 Å². The number of hydrogen-bond donors (Lipinski definition) is 1. The first-order valence-corrected chi connectivity index (χ1v) is 5.96. The Bertz CT molecular complexity index is 565. The van der Waals surface area contributed by atoms with Gasteiger partial charge in [-0.1, -0.05) is 0 Å². The van der Waals surface area contributed by atoms with Gasteiger partial charge in [0.15, 0.2) is 0 Å². The number of pyridine rings is 1. The van der Waals surface area contributed by atoms with Crippen LogP contribution in [-0.2, 0) is 18.2 Å². The van der Waals surface area contributed by atoms with E-state index in [9.17, 15) is 4.79 Å². The monoisotopic (exact) mass is 260 g/mol. The van der Waals surface area contributed by atoms with Crippen LogP contribution >= 0.6 is 0 Å². The molecule has 0 aliphatic heterocycles. The molecule has 0 amide bonds. The number of rotatable bonds is 5. The van der Waals surface area contributed by atoms with Crippen molar-refractivity contribution in [1.82, 2.24) is 14.8 Å². The number of ether oxygens (including phenoxy) is 1. The summed E-state index contributed by atoms with van der Waals surface area (Å²) in [5.74, 6) is 0.286. The lowest BCUT2D eigenvalue weighted by Crippen LogP contribution is -2.08. The summed E-state index contributed by atoms with van der Waals surface area (Å²) in [7, 11) is 3.25. The Balaban J connectivity index is 1.90. The van der Waals surface area contributed by atoms with Crippen molar-refractivity contribution in [2.24, 2.45) is 7.05 Å². The van der Waals surface area contributed by atoms with E-state index in [1.54, 1.807) is 23.0 Å². The molecule has 1 N–H and O–H groups in total. The van der Waals surface area contributed by atoms with Crippen molar-refractivity contribution in [2.45, 2.75) is 6.42 Å². The lowest BCUT2D eigenvalue weighted by atomic mass is 10.2. The zero-order valence-corrected chi connectivity index (χ0v) is 11.0. The molecule has 0 aliphatic carbocycles. The van der Waals surface area contributed by atoms with E-state index < -0.39 is 0 Å². The molecule has 100 valence electrons. The van der Waals surface area contributed by atoms with E-state index in [0.29, 0.717) is 17.9 Å². The van der Waals surface area contributed by atoms with E-state index in [1.807, 2.05) is 19.3 Å². The average molecular weight is 260 g/mol. The molecule has 0 aliphatic rings. The van der Waals surface area contributed by atoms with Crippen LogP contribution in [0.3, 0.4) is 0 Å². The summed E-state index contributed by atoms with van der Waals surface area (Å²) in [4.78, 5) is 15.5. The maximum atomic E-state index is 11.4. The third-order valence-electron chi connectivity index (χ3n) is 2.64. The number of anilines is 1. The molecule has 2 aromatic heterocycles. The highest BCUT2D eigenvalue weighted by atomic mass is 16.5. The number of esters is 1. The van der Waals surface area contributed by atoms with Crippen LogP contribution in [-0.4, -0.2) is 34.4 Å². The number of nitrogens with zero attached hydrogens (tertiary/aromatic N) is 3. The molecule has 0 fully saturated rings. The van der Waals surface area contributed by atoms with Gasteiger partial charge in [-0.05, 0) is 18.2 Å². The summed E-state index contributed by atoms with van der Waals surface area (Å²) in [6.07, 6.45) is 4.28. The number of carbonyl (C=O) groups is 1. The van der Waals surface area contributed by atoms with Gasteiger partial charge in [0.25, 0.3) is 0 Å². The molecule has 0 radical (unpaired) electrons. The van der Waals surface area contributed by atoms with Crippen molar-refractivity contribution in [3.63, 3.8) is 0 Å². The quantitative estimate of drug-likeness (QED) is 0.819. The van der Waals surface area contributed by atoms with Gasteiger partial charge in [-0.3, -0.25) is 4.68 Å². The van der Waals surface area contributed by atoms with Crippen molar-refractivity contribution < 1.29 is 9.53 Å². The van der Waals surface area contributed by atoms with Crippen LogP contribution in [0.15, 0.2) is 30.6 Å². The predicted molar refractivity (Wildman–Crippen MR) is 71.0 cm³/mol. The van der Waals surface area contributed by atoms with Gasteiger partial charge in [-0.25, -0.2) is 9.78 Å². The Kier molecular flexibility index (Phi) is 4.12. The molecule has 0 saturated heterocycles. The number of methoxy groups -OCH3 is 1. The maximum Gasteiger partial charge on any atom is 0.338 e. The number of carbonyl (C=O) groups excluding carboxylic acids is 1. The molecule has 0 atom stereocenters. The topological polar surface area (TPSA) is 69.0 Å². The molecule has 0 saturated carbocycles. The fraction of sp³-hybridized carbons (Fsp3) is 0.308. The Morgan fingerprint density at radius 2 is 2.32 bits per heavy atom. The first-order chi connectivity index (χ1) is 9.19. The van der Waals surface area contributed by atoms with Gasteiger partial charge in [0.2, 0.25) is 0 Å². The lowest BCUT2D eigenvalue weighted by molar-refractivity contribution is 0.0600. The normalized spacial score (nSPS) is 10.2. The van der Waals surface area contributed by atoms with E-state index in [1.165, 1.54) is 7.11 Å². The van der Waals surface area contributed by atoms with Gasteiger partial charge < -0.3 is 10.1 Å². The second-order valence-electron chi connectivity index (χ2n) is 4.08. The Hall–Kier alpha value is -2.37. The summed E-state index contributed by atoms with van der Waals surface area (Å²) < 4.78 is 6.43. The average Bonchev–Trinajstić information content (AvgIpc) is 2.84. The van der Waals surface area contributed by atoms with Crippen molar-refractivity contribution in [2.75, 3.05) is 19.0 Å². The number of aryl methyl sites for hydroxylation is 1. The smallest absolute Gasteiger partial charge is 0.338 e. The Morgan fingerprint density at radius 1 is 1.47 bits per heavy atom. The van der Waals surface area contributed by atoms with Gasteiger partial charge >= 0.3 is 5.97 Å². The van der Waals surface area contributed by atoms with Gasteiger partial charge in [-0.15, -0.1) is 0 Å². The van der Waals surface area contributed by atoms with E-state index in [0.717, 1.165) is 12.1 Å². The van der Waals surface area contributed by atoms with Crippen LogP contribution in [0.2, 0.25) is 0 Å². The molecular weight excluding hydrogens is 244 g/mol. The number of hydrogen-bond acceptors (Lipinski definition) is 5. The molecule has 19 heavy (non-hydrogen) atoms. The summed E-state index contributed by atoms with van der Waals surface area (Å²) in [5, 5.41) is 7.44. The highest BCUT2D eigenvalue weighted by molar-refractivity contribution is 5.89. The van der Waals surface area contributed by atoms with Crippen LogP contribution in [0.25, 0.3) is 0 Å². The largest absolute Gasteiger partial charge is 0.465 e. The Morgan fingerprint density at radius 3 is 3.00 bits per heavy atom. The summed E-state index contributed by atoms with van der Waals surface area (Å²) in [5.41, 5.74) is 1.50. The van der Waals surface area contributed by atoms with Gasteiger partial charge in [0.1, 0.15) is 5.82 Å². The first kappa shape index (κ1) is 13.1. The second-order valence-corrected chi connectivity index (χ2v) is 4.08. The third-order valence-corrected chi connectivity index (χ3v) is 2.64. The summed E-state index contributed by atoms with van der Waals surface area (Å²) in [6.45, 7) is 0.703. The number of aromatic nitrogens is 3. The third kappa shape index (κ3) is 3.54. The van der Waals surface area contributed by atoms with Crippen molar-refractivity contribution in [3.8, 4) is 0 Å². The Labute approximate surface area is 111 Å². The molecule has 0 spiro atoms. The minimum absolute atomic E-state index is 0.366. The molecule has 6 nitrogen and oxygen atoms in total. The van der Waals surface area contributed by atoms with Gasteiger partial charge in [0.05, 0.1) is 18.4 Å². The zero-order valence-electron chi connectivity index (χ0n) is 11.0. The molecule has 6 heteroatoms. The highest BCUT2D eigenvalue weighted by Gasteiger charge is 2.06. The fourth-order valence-electron chi connectivity index (χ4n) is 1.69. The van der Waals surface area contributed by atoms with E-state index in [4.69, 9.17) is 0 Å². The van der Waals surface area contributed by atoms with Gasteiger partial charge in [0, 0.05) is 32.4 Å². The molecule has 0 bridgehead atoms. The predicted octanol–water partition coefficient (Wildman–Crippen LogP) is 1.26. The van der Waals surface area contributed by atoms with E-state index >= 15 is 0 Å². The first-order valence-electron chi connectivity index (χ1n) is 5.96. The van der Waals surface area contributed by atoms with Crippen LogP contribution in [0.4, 0.5) is 5.82 Å². The molecular formula is C13H16N4O2. The SMILES string of the molecule is COC(=O)c1ccnc(NCCc2ccn(C)n2)c1. The van der Waals surface area contributed by atoms with Crippen molar-refractivity contribution >= 4 is 11.8 Å². The standard InChI is InChI=1S/C13H16N4O2/c1-17-8-5-11(16-17)4-7-15-12-9-10(3-6-14-12)13(18)19-2/h3,5-6,8-9H,4,7H2,1-2H3,(H,14,15). The zero-order chi connectivity index (χ0) is 13.7. The summed E-state index contributed by atoms with van der Waals surface area (Å²) >= 11 is 0. The second kappa shape index (κ2) is 5.99. The van der Waals surface area contributed by atoms with Crippen LogP contribution < -0.4 is 5.32 Å².